The second-order valence-electron chi connectivity index (χ2n) is 4.02. The molecule has 0 fully saturated rings. The van der Waals surface area contributed by atoms with Crippen LogP contribution in [0.15, 0.2) is 30.3 Å². The van der Waals surface area contributed by atoms with Crippen LogP contribution in [-0.2, 0) is 11.3 Å². The average Bonchev–Trinajstić information content (AvgIpc) is 2.33. The van der Waals surface area contributed by atoms with Gasteiger partial charge in [-0.3, -0.25) is 0 Å². The van der Waals surface area contributed by atoms with Crippen LogP contribution in [0.5, 0.6) is 0 Å². The van der Waals surface area contributed by atoms with E-state index in [0.717, 1.165) is 32.4 Å². The fraction of sp³-hybridized carbons (Fsp3) is 0.538. The van der Waals surface area contributed by atoms with Crippen LogP contribution in [0.2, 0.25) is 0 Å². The zero-order valence-corrected chi connectivity index (χ0v) is 9.77. The summed E-state index contributed by atoms with van der Waals surface area (Å²) in [5.74, 6) is 0. The first kappa shape index (κ1) is 13.2. The molecule has 4 N–H and O–H groups in total. The molecule has 0 radical (unpaired) electrons. The lowest BCUT2D eigenvalue weighted by Crippen LogP contribution is -2.23. The van der Waals surface area contributed by atoms with Crippen LogP contribution < -0.4 is 11.5 Å². The van der Waals surface area contributed by atoms with Crippen molar-refractivity contribution in [3.8, 4) is 0 Å². The third-order valence-electron chi connectivity index (χ3n) is 2.52. The number of hydrogen-bond donors (Lipinski definition) is 2. The maximum atomic E-state index is 5.90. The summed E-state index contributed by atoms with van der Waals surface area (Å²) in [5, 5.41) is 0. The fourth-order valence-corrected chi connectivity index (χ4v) is 1.52. The second-order valence-corrected chi connectivity index (χ2v) is 4.02. The first-order chi connectivity index (χ1) is 7.83. The van der Waals surface area contributed by atoms with Crippen molar-refractivity contribution < 1.29 is 4.74 Å². The van der Waals surface area contributed by atoms with Gasteiger partial charge >= 0.3 is 0 Å². The Morgan fingerprint density at radius 3 is 2.56 bits per heavy atom. The summed E-state index contributed by atoms with van der Waals surface area (Å²) in [7, 11) is 0. The SMILES string of the molecule is NCCCC(N)CCOCc1ccccc1. The van der Waals surface area contributed by atoms with Gasteiger partial charge in [-0.1, -0.05) is 30.3 Å². The van der Waals surface area contributed by atoms with Gasteiger partial charge < -0.3 is 16.2 Å². The van der Waals surface area contributed by atoms with E-state index < -0.39 is 0 Å². The highest BCUT2D eigenvalue weighted by Gasteiger charge is 2.01. The average molecular weight is 222 g/mol. The van der Waals surface area contributed by atoms with Gasteiger partial charge in [0.1, 0.15) is 0 Å². The van der Waals surface area contributed by atoms with Gasteiger partial charge in [0.15, 0.2) is 0 Å². The quantitative estimate of drug-likeness (QED) is 0.658. The van der Waals surface area contributed by atoms with Crippen molar-refractivity contribution in [2.75, 3.05) is 13.2 Å². The Hall–Kier alpha value is -0.900. The number of nitrogens with two attached hydrogens (primary N) is 2. The highest BCUT2D eigenvalue weighted by molar-refractivity contribution is 5.13. The molecule has 0 amide bonds. The topological polar surface area (TPSA) is 61.3 Å². The molecule has 0 saturated carbocycles. The predicted octanol–water partition coefficient (Wildman–Crippen LogP) is 1.66. The van der Waals surface area contributed by atoms with Gasteiger partial charge in [-0.15, -0.1) is 0 Å². The zero-order chi connectivity index (χ0) is 11.6. The lowest BCUT2D eigenvalue weighted by molar-refractivity contribution is 0.113. The second kappa shape index (κ2) is 8.28. The molecule has 0 saturated heterocycles. The first-order valence-corrected chi connectivity index (χ1v) is 5.90. The first-order valence-electron chi connectivity index (χ1n) is 5.90. The molecule has 1 atom stereocenters. The Bertz CT molecular complexity index is 264. The summed E-state index contributed by atoms with van der Waals surface area (Å²) in [6.45, 7) is 2.11. The van der Waals surface area contributed by atoms with E-state index in [2.05, 4.69) is 12.1 Å². The Morgan fingerprint density at radius 1 is 1.12 bits per heavy atom. The van der Waals surface area contributed by atoms with Crippen LogP contribution >= 0.6 is 0 Å². The standard InChI is InChI=1S/C13H22N2O/c14-9-4-7-13(15)8-10-16-11-12-5-2-1-3-6-12/h1-3,5-6,13H,4,7-11,14-15H2. The number of benzene rings is 1. The predicted molar refractivity (Wildman–Crippen MR) is 67.0 cm³/mol. The monoisotopic (exact) mass is 222 g/mol. The van der Waals surface area contributed by atoms with Crippen molar-refractivity contribution in [1.82, 2.24) is 0 Å². The molecule has 0 spiro atoms. The van der Waals surface area contributed by atoms with Gasteiger partial charge in [-0.05, 0) is 31.4 Å². The van der Waals surface area contributed by atoms with Crippen LogP contribution in [0, 0.1) is 0 Å². The van der Waals surface area contributed by atoms with Gasteiger partial charge in [0.05, 0.1) is 6.61 Å². The van der Waals surface area contributed by atoms with Crippen molar-refractivity contribution in [3.63, 3.8) is 0 Å². The van der Waals surface area contributed by atoms with E-state index in [-0.39, 0.29) is 6.04 Å². The normalized spacial score (nSPS) is 12.6. The zero-order valence-electron chi connectivity index (χ0n) is 9.77. The number of rotatable bonds is 8. The van der Waals surface area contributed by atoms with Crippen molar-refractivity contribution in [2.45, 2.75) is 31.9 Å². The minimum Gasteiger partial charge on any atom is -0.377 e. The third kappa shape index (κ3) is 5.85. The molecule has 16 heavy (non-hydrogen) atoms. The van der Waals surface area contributed by atoms with Crippen LogP contribution in [0.4, 0.5) is 0 Å². The van der Waals surface area contributed by atoms with E-state index >= 15 is 0 Å². The van der Waals surface area contributed by atoms with E-state index in [1.807, 2.05) is 18.2 Å². The Morgan fingerprint density at radius 2 is 1.88 bits per heavy atom. The van der Waals surface area contributed by atoms with Gasteiger partial charge in [0.2, 0.25) is 0 Å². The summed E-state index contributed by atoms with van der Waals surface area (Å²) in [6, 6.07) is 10.4. The minimum atomic E-state index is 0.222. The van der Waals surface area contributed by atoms with E-state index in [4.69, 9.17) is 16.2 Å². The number of ether oxygens (including phenoxy) is 1. The molecule has 0 bridgehead atoms. The molecule has 90 valence electrons. The highest BCUT2D eigenvalue weighted by Crippen LogP contribution is 2.03. The number of hydrogen-bond acceptors (Lipinski definition) is 3. The van der Waals surface area contributed by atoms with E-state index in [0.29, 0.717) is 6.61 Å². The molecule has 0 aromatic heterocycles. The maximum absolute atomic E-state index is 5.90. The smallest absolute Gasteiger partial charge is 0.0716 e. The van der Waals surface area contributed by atoms with Crippen molar-refractivity contribution in [1.29, 1.82) is 0 Å². The van der Waals surface area contributed by atoms with Gasteiger partial charge in [-0.25, -0.2) is 0 Å². The molecule has 1 rings (SSSR count). The largest absolute Gasteiger partial charge is 0.377 e. The summed E-state index contributed by atoms with van der Waals surface area (Å²) in [5.41, 5.74) is 12.5. The molecule has 0 heterocycles. The van der Waals surface area contributed by atoms with Crippen molar-refractivity contribution >= 4 is 0 Å². The van der Waals surface area contributed by atoms with E-state index in [9.17, 15) is 0 Å². The Balaban J connectivity index is 2.03. The van der Waals surface area contributed by atoms with Gasteiger partial charge in [-0.2, -0.15) is 0 Å². The van der Waals surface area contributed by atoms with Crippen LogP contribution in [0.3, 0.4) is 0 Å². The third-order valence-corrected chi connectivity index (χ3v) is 2.52. The fourth-order valence-electron chi connectivity index (χ4n) is 1.52. The molecule has 1 aromatic rings. The molecular weight excluding hydrogens is 200 g/mol. The minimum absolute atomic E-state index is 0.222. The Labute approximate surface area is 97.8 Å². The lowest BCUT2D eigenvalue weighted by Gasteiger charge is -2.11. The maximum Gasteiger partial charge on any atom is 0.0716 e. The van der Waals surface area contributed by atoms with Crippen molar-refractivity contribution in [2.24, 2.45) is 11.5 Å². The Kier molecular flexibility index (Phi) is 6.81. The molecule has 0 aliphatic heterocycles. The summed E-state index contributed by atoms with van der Waals surface area (Å²) >= 11 is 0. The molecule has 3 heteroatoms. The van der Waals surface area contributed by atoms with Crippen LogP contribution in [0.1, 0.15) is 24.8 Å². The van der Waals surface area contributed by atoms with E-state index in [1.54, 1.807) is 0 Å². The van der Waals surface area contributed by atoms with Gasteiger partial charge in [0, 0.05) is 12.6 Å². The molecule has 3 nitrogen and oxygen atoms in total. The molecule has 0 aliphatic carbocycles. The van der Waals surface area contributed by atoms with Crippen LogP contribution in [-0.4, -0.2) is 19.2 Å². The van der Waals surface area contributed by atoms with Crippen LogP contribution in [0.25, 0.3) is 0 Å². The molecular formula is C13H22N2O. The van der Waals surface area contributed by atoms with Gasteiger partial charge in [0.25, 0.3) is 0 Å². The van der Waals surface area contributed by atoms with Crippen molar-refractivity contribution in [3.05, 3.63) is 35.9 Å². The van der Waals surface area contributed by atoms with E-state index in [1.165, 1.54) is 5.56 Å². The molecule has 1 unspecified atom stereocenters. The summed E-state index contributed by atoms with van der Waals surface area (Å²) < 4.78 is 5.56. The lowest BCUT2D eigenvalue weighted by atomic mass is 10.1. The highest BCUT2D eigenvalue weighted by atomic mass is 16.5. The summed E-state index contributed by atoms with van der Waals surface area (Å²) in [6.07, 6.45) is 2.90. The molecule has 1 aromatic carbocycles. The summed E-state index contributed by atoms with van der Waals surface area (Å²) in [4.78, 5) is 0. The molecule has 0 aliphatic rings.